The van der Waals surface area contributed by atoms with Crippen LogP contribution in [0.3, 0.4) is 0 Å². The summed E-state index contributed by atoms with van der Waals surface area (Å²) in [7, 11) is 0. The summed E-state index contributed by atoms with van der Waals surface area (Å²) in [4.78, 5) is 0. The highest BCUT2D eigenvalue weighted by Gasteiger charge is 2.32. The van der Waals surface area contributed by atoms with Crippen molar-refractivity contribution in [2.45, 2.75) is 85.2 Å². The Morgan fingerprint density at radius 1 is 0.800 bits per heavy atom. The molecule has 0 saturated heterocycles. The molecule has 0 aromatic heterocycles. The maximum absolute atomic E-state index is 6.01. The van der Waals surface area contributed by atoms with Crippen molar-refractivity contribution in [3.63, 3.8) is 0 Å². The van der Waals surface area contributed by atoms with Gasteiger partial charge in [-0.3, -0.25) is 0 Å². The minimum Gasteiger partial charge on any atom is -0.347 e. The van der Waals surface area contributed by atoms with Crippen LogP contribution in [0.15, 0.2) is 0 Å². The SMILES string of the molecule is CCCC(CCC)(OC(C)C)OC(C)C. The fraction of sp³-hybridized carbons (Fsp3) is 1.00. The molecule has 0 N–H and O–H groups in total. The molecule has 0 amide bonds. The van der Waals surface area contributed by atoms with Gasteiger partial charge in [0.05, 0.1) is 12.2 Å². The van der Waals surface area contributed by atoms with E-state index < -0.39 is 0 Å². The summed E-state index contributed by atoms with van der Waals surface area (Å²) in [6.45, 7) is 12.6. The van der Waals surface area contributed by atoms with E-state index in [1.54, 1.807) is 0 Å². The highest BCUT2D eigenvalue weighted by molar-refractivity contribution is 4.71. The van der Waals surface area contributed by atoms with Crippen LogP contribution < -0.4 is 0 Å². The van der Waals surface area contributed by atoms with Gasteiger partial charge in [0.15, 0.2) is 5.79 Å². The molecule has 0 fully saturated rings. The van der Waals surface area contributed by atoms with Crippen LogP contribution in [0.25, 0.3) is 0 Å². The third kappa shape index (κ3) is 6.16. The molecule has 0 spiro atoms. The lowest BCUT2D eigenvalue weighted by Crippen LogP contribution is -2.40. The van der Waals surface area contributed by atoms with Gasteiger partial charge in [-0.15, -0.1) is 0 Å². The van der Waals surface area contributed by atoms with Crippen molar-refractivity contribution in [1.82, 2.24) is 0 Å². The fourth-order valence-corrected chi connectivity index (χ4v) is 2.01. The topological polar surface area (TPSA) is 18.5 Å². The summed E-state index contributed by atoms with van der Waals surface area (Å²) < 4.78 is 12.0. The van der Waals surface area contributed by atoms with Gasteiger partial charge in [0.25, 0.3) is 0 Å². The number of ether oxygens (including phenoxy) is 2. The molecule has 0 aliphatic rings. The molecule has 0 bridgehead atoms. The Kier molecular flexibility index (Phi) is 7.20. The van der Waals surface area contributed by atoms with Crippen LogP contribution in [-0.2, 0) is 9.47 Å². The van der Waals surface area contributed by atoms with Crippen molar-refractivity contribution in [3.05, 3.63) is 0 Å². The second-order valence-corrected chi connectivity index (χ2v) is 4.74. The molecule has 0 aromatic carbocycles. The molecule has 0 aromatic rings. The summed E-state index contributed by atoms with van der Waals surface area (Å²) in [5.41, 5.74) is 0. The molecule has 2 nitrogen and oxygen atoms in total. The van der Waals surface area contributed by atoms with Crippen LogP contribution in [0.1, 0.15) is 67.2 Å². The largest absolute Gasteiger partial charge is 0.347 e. The van der Waals surface area contributed by atoms with E-state index >= 15 is 0 Å². The van der Waals surface area contributed by atoms with Crippen molar-refractivity contribution in [2.24, 2.45) is 0 Å². The molecular weight excluding hydrogens is 188 g/mol. The fourth-order valence-electron chi connectivity index (χ4n) is 2.01. The minimum atomic E-state index is -0.355. The molecule has 0 atom stereocenters. The zero-order chi connectivity index (χ0) is 11.9. The second kappa shape index (κ2) is 7.24. The lowest BCUT2D eigenvalue weighted by Gasteiger charge is -2.37. The predicted octanol–water partition coefficient (Wildman–Crippen LogP) is 4.13. The van der Waals surface area contributed by atoms with E-state index in [4.69, 9.17) is 9.47 Å². The normalized spacial score (nSPS) is 12.8. The number of hydrogen-bond donors (Lipinski definition) is 0. The highest BCUT2D eigenvalue weighted by Crippen LogP contribution is 2.29. The van der Waals surface area contributed by atoms with Crippen LogP contribution in [0.2, 0.25) is 0 Å². The van der Waals surface area contributed by atoms with E-state index in [1.807, 2.05) is 0 Å². The van der Waals surface area contributed by atoms with Crippen LogP contribution in [0.5, 0.6) is 0 Å². The molecule has 0 aliphatic heterocycles. The Balaban J connectivity index is 4.55. The quantitative estimate of drug-likeness (QED) is 0.568. The Morgan fingerprint density at radius 2 is 1.13 bits per heavy atom. The highest BCUT2D eigenvalue weighted by atomic mass is 16.7. The molecule has 0 unspecified atom stereocenters. The molecule has 0 heterocycles. The molecule has 2 heteroatoms. The van der Waals surface area contributed by atoms with E-state index in [1.165, 1.54) is 0 Å². The Labute approximate surface area is 95.3 Å². The zero-order valence-electron chi connectivity index (χ0n) is 11.3. The van der Waals surface area contributed by atoms with Gasteiger partial charge in [0.1, 0.15) is 0 Å². The minimum absolute atomic E-state index is 0.224. The first-order valence-corrected chi connectivity index (χ1v) is 6.31. The van der Waals surface area contributed by atoms with Gasteiger partial charge in [-0.1, -0.05) is 26.7 Å². The van der Waals surface area contributed by atoms with E-state index in [0.717, 1.165) is 25.7 Å². The van der Waals surface area contributed by atoms with Crippen LogP contribution in [0, 0.1) is 0 Å². The first-order chi connectivity index (χ1) is 6.95. The standard InChI is InChI=1S/C13H28O2/c1-7-9-13(10-8-2,14-11(3)4)15-12(5)6/h11-12H,7-10H2,1-6H3. The molecular formula is C13H28O2. The Hall–Kier alpha value is -0.0800. The summed E-state index contributed by atoms with van der Waals surface area (Å²) in [5.74, 6) is -0.355. The van der Waals surface area contributed by atoms with Gasteiger partial charge in [0.2, 0.25) is 0 Å². The van der Waals surface area contributed by atoms with Crippen LogP contribution in [-0.4, -0.2) is 18.0 Å². The van der Waals surface area contributed by atoms with Crippen molar-refractivity contribution < 1.29 is 9.47 Å². The van der Waals surface area contributed by atoms with Crippen molar-refractivity contribution in [3.8, 4) is 0 Å². The molecule has 0 aliphatic carbocycles. The Bertz CT molecular complexity index is 135. The molecule has 0 radical (unpaired) electrons. The second-order valence-electron chi connectivity index (χ2n) is 4.74. The van der Waals surface area contributed by atoms with E-state index in [-0.39, 0.29) is 18.0 Å². The maximum Gasteiger partial charge on any atom is 0.168 e. The van der Waals surface area contributed by atoms with Crippen molar-refractivity contribution in [1.29, 1.82) is 0 Å². The van der Waals surface area contributed by atoms with Gasteiger partial charge in [-0.2, -0.15) is 0 Å². The molecule has 0 rings (SSSR count). The lowest BCUT2D eigenvalue weighted by molar-refractivity contribution is -0.275. The number of hydrogen-bond acceptors (Lipinski definition) is 2. The van der Waals surface area contributed by atoms with Gasteiger partial charge in [-0.05, 0) is 27.7 Å². The molecule has 0 saturated carbocycles. The first-order valence-electron chi connectivity index (χ1n) is 6.31. The smallest absolute Gasteiger partial charge is 0.168 e. The van der Waals surface area contributed by atoms with Gasteiger partial charge < -0.3 is 9.47 Å². The molecule has 92 valence electrons. The van der Waals surface area contributed by atoms with Crippen molar-refractivity contribution in [2.75, 3.05) is 0 Å². The van der Waals surface area contributed by atoms with Gasteiger partial charge in [0, 0.05) is 12.8 Å². The van der Waals surface area contributed by atoms with Crippen molar-refractivity contribution >= 4 is 0 Å². The van der Waals surface area contributed by atoms with E-state index in [9.17, 15) is 0 Å². The third-order valence-corrected chi connectivity index (χ3v) is 2.16. The zero-order valence-corrected chi connectivity index (χ0v) is 11.3. The summed E-state index contributed by atoms with van der Waals surface area (Å²) in [6.07, 6.45) is 4.61. The predicted molar refractivity (Wildman–Crippen MR) is 65.0 cm³/mol. The van der Waals surface area contributed by atoms with E-state index in [2.05, 4.69) is 41.5 Å². The monoisotopic (exact) mass is 216 g/mol. The van der Waals surface area contributed by atoms with Crippen LogP contribution in [0.4, 0.5) is 0 Å². The average Bonchev–Trinajstić information content (AvgIpc) is 2.01. The summed E-state index contributed by atoms with van der Waals surface area (Å²) in [6, 6.07) is 0. The van der Waals surface area contributed by atoms with Gasteiger partial charge in [-0.25, -0.2) is 0 Å². The first kappa shape index (κ1) is 14.9. The molecule has 15 heavy (non-hydrogen) atoms. The average molecular weight is 216 g/mol. The summed E-state index contributed by atoms with van der Waals surface area (Å²) >= 11 is 0. The Morgan fingerprint density at radius 3 is 1.33 bits per heavy atom. The summed E-state index contributed by atoms with van der Waals surface area (Å²) in [5, 5.41) is 0. The number of rotatable bonds is 8. The lowest BCUT2D eigenvalue weighted by atomic mass is 10.0. The van der Waals surface area contributed by atoms with Crippen LogP contribution >= 0.6 is 0 Å². The van der Waals surface area contributed by atoms with Gasteiger partial charge >= 0.3 is 0 Å². The maximum atomic E-state index is 6.01. The van der Waals surface area contributed by atoms with E-state index in [0.29, 0.717) is 0 Å². The third-order valence-electron chi connectivity index (χ3n) is 2.16.